The highest BCUT2D eigenvalue weighted by Gasteiger charge is 2.36. The van der Waals surface area contributed by atoms with E-state index >= 15 is 0 Å². The summed E-state index contributed by atoms with van der Waals surface area (Å²) in [6, 6.07) is 0. The molecule has 1 atom stereocenters. The standard InChI is InChI=1S/C11H22ClNO2S/c1-11(2,3)10-5-7-13(9-10)16(14,15)8-4-6-12/h10H,4-9H2,1-3H3. The number of nitrogens with zero attached hydrogens (tertiary/aromatic N) is 1. The van der Waals surface area contributed by atoms with Crippen molar-refractivity contribution in [3.8, 4) is 0 Å². The van der Waals surface area contributed by atoms with Gasteiger partial charge in [0, 0.05) is 19.0 Å². The third-order valence-corrected chi connectivity index (χ3v) is 5.50. The van der Waals surface area contributed by atoms with Crippen molar-refractivity contribution in [3.63, 3.8) is 0 Å². The molecular formula is C11H22ClNO2S. The van der Waals surface area contributed by atoms with Gasteiger partial charge in [-0.25, -0.2) is 12.7 Å². The van der Waals surface area contributed by atoms with Crippen LogP contribution in [0.15, 0.2) is 0 Å². The Morgan fingerprint density at radius 1 is 1.38 bits per heavy atom. The Kier molecular flexibility index (Phi) is 4.66. The van der Waals surface area contributed by atoms with E-state index in [-0.39, 0.29) is 11.2 Å². The minimum Gasteiger partial charge on any atom is -0.212 e. The molecule has 0 saturated carbocycles. The molecule has 0 radical (unpaired) electrons. The van der Waals surface area contributed by atoms with E-state index in [0.717, 1.165) is 6.42 Å². The fourth-order valence-electron chi connectivity index (χ4n) is 2.05. The average Bonchev–Trinajstić information content (AvgIpc) is 2.63. The van der Waals surface area contributed by atoms with Gasteiger partial charge in [-0.05, 0) is 24.2 Å². The first kappa shape index (κ1) is 14.3. The highest BCUT2D eigenvalue weighted by molar-refractivity contribution is 7.89. The van der Waals surface area contributed by atoms with Crippen LogP contribution in [0.1, 0.15) is 33.6 Å². The summed E-state index contributed by atoms with van der Waals surface area (Å²) < 4.78 is 25.5. The van der Waals surface area contributed by atoms with Crippen molar-refractivity contribution in [1.29, 1.82) is 0 Å². The lowest BCUT2D eigenvalue weighted by Gasteiger charge is -2.26. The highest BCUT2D eigenvalue weighted by Crippen LogP contribution is 2.34. The van der Waals surface area contributed by atoms with Crippen LogP contribution in [-0.4, -0.2) is 37.4 Å². The molecule has 0 aromatic carbocycles. The summed E-state index contributed by atoms with van der Waals surface area (Å²) in [5.41, 5.74) is 0.191. The molecule has 0 spiro atoms. The molecule has 96 valence electrons. The van der Waals surface area contributed by atoms with Crippen molar-refractivity contribution in [3.05, 3.63) is 0 Å². The van der Waals surface area contributed by atoms with Crippen molar-refractivity contribution in [2.75, 3.05) is 24.7 Å². The molecule has 1 rings (SSSR count). The Labute approximate surface area is 104 Å². The van der Waals surface area contributed by atoms with Crippen LogP contribution in [0.25, 0.3) is 0 Å². The molecule has 0 bridgehead atoms. The molecule has 0 N–H and O–H groups in total. The average molecular weight is 268 g/mol. The molecule has 16 heavy (non-hydrogen) atoms. The van der Waals surface area contributed by atoms with Gasteiger partial charge < -0.3 is 0 Å². The van der Waals surface area contributed by atoms with Crippen LogP contribution in [0.2, 0.25) is 0 Å². The zero-order valence-electron chi connectivity index (χ0n) is 10.4. The minimum absolute atomic E-state index is 0.188. The van der Waals surface area contributed by atoms with Gasteiger partial charge in [0.05, 0.1) is 5.75 Å². The van der Waals surface area contributed by atoms with Crippen molar-refractivity contribution in [2.45, 2.75) is 33.6 Å². The zero-order chi connectivity index (χ0) is 12.4. The first-order chi connectivity index (χ1) is 7.27. The van der Waals surface area contributed by atoms with Crippen LogP contribution >= 0.6 is 11.6 Å². The van der Waals surface area contributed by atoms with E-state index in [4.69, 9.17) is 11.6 Å². The Bertz CT molecular complexity index is 321. The molecule has 0 aliphatic carbocycles. The van der Waals surface area contributed by atoms with Gasteiger partial charge in [-0.2, -0.15) is 0 Å². The van der Waals surface area contributed by atoms with Crippen LogP contribution in [0.4, 0.5) is 0 Å². The molecule has 1 heterocycles. The topological polar surface area (TPSA) is 37.4 Å². The maximum Gasteiger partial charge on any atom is 0.214 e. The molecule has 0 amide bonds. The third-order valence-electron chi connectivity index (χ3n) is 3.31. The Morgan fingerprint density at radius 2 is 2.00 bits per heavy atom. The monoisotopic (exact) mass is 267 g/mol. The van der Waals surface area contributed by atoms with Gasteiger partial charge in [-0.1, -0.05) is 20.8 Å². The predicted molar refractivity (Wildman–Crippen MR) is 68.3 cm³/mol. The zero-order valence-corrected chi connectivity index (χ0v) is 11.9. The minimum atomic E-state index is -3.07. The van der Waals surface area contributed by atoms with E-state index in [2.05, 4.69) is 20.8 Å². The SMILES string of the molecule is CC(C)(C)C1CCN(S(=O)(=O)CCCCl)C1. The van der Waals surface area contributed by atoms with Crippen molar-refractivity contribution in [1.82, 2.24) is 4.31 Å². The van der Waals surface area contributed by atoms with Gasteiger partial charge in [0.25, 0.3) is 0 Å². The molecule has 1 unspecified atom stereocenters. The second kappa shape index (κ2) is 5.23. The largest absolute Gasteiger partial charge is 0.214 e. The summed E-state index contributed by atoms with van der Waals surface area (Å²) in [5, 5.41) is 0. The predicted octanol–water partition coefficient (Wildman–Crippen LogP) is 2.31. The van der Waals surface area contributed by atoms with E-state index in [1.54, 1.807) is 4.31 Å². The highest BCUT2D eigenvalue weighted by atomic mass is 35.5. The fourth-order valence-corrected chi connectivity index (χ4v) is 3.90. The maximum absolute atomic E-state index is 11.9. The van der Waals surface area contributed by atoms with E-state index < -0.39 is 10.0 Å². The van der Waals surface area contributed by atoms with E-state index in [0.29, 0.717) is 31.3 Å². The normalized spacial score (nSPS) is 23.9. The van der Waals surface area contributed by atoms with E-state index in [1.807, 2.05) is 0 Å². The summed E-state index contributed by atoms with van der Waals surface area (Å²) in [5.74, 6) is 1.07. The van der Waals surface area contributed by atoms with Gasteiger partial charge in [0.15, 0.2) is 0 Å². The van der Waals surface area contributed by atoms with Gasteiger partial charge in [0.2, 0.25) is 10.0 Å². The smallest absolute Gasteiger partial charge is 0.212 e. The van der Waals surface area contributed by atoms with Crippen LogP contribution < -0.4 is 0 Å². The summed E-state index contributed by atoms with van der Waals surface area (Å²) in [4.78, 5) is 0. The van der Waals surface area contributed by atoms with Crippen LogP contribution in [-0.2, 0) is 10.0 Å². The Balaban J connectivity index is 2.59. The summed E-state index contributed by atoms with van der Waals surface area (Å²) in [7, 11) is -3.07. The number of hydrogen-bond acceptors (Lipinski definition) is 2. The van der Waals surface area contributed by atoms with Crippen molar-refractivity contribution < 1.29 is 8.42 Å². The fraction of sp³-hybridized carbons (Fsp3) is 1.00. The van der Waals surface area contributed by atoms with E-state index in [1.165, 1.54) is 0 Å². The number of hydrogen-bond donors (Lipinski definition) is 0. The number of rotatable bonds is 4. The molecule has 1 aliphatic rings. The Hall–Kier alpha value is 0.200. The summed E-state index contributed by atoms with van der Waals surface area (Å²) in [6.07, 6.45) is 1.52. The maximum atomic E-state index is 11.9. The summed E-state index contributed by atoms with van der Waals surface area (Å²) in [6.45, 7) is 7.87. The molecule has 0 aromatic rings. The molecule has 1 saturated heterocycles. The first-order valence-electron chi connectivity index (χ1n) is 5.81. The molecular weight excluding hydrogens is 246 g/mol. The lowest BCUT2D eigenvalue weighted by Crippen LogP contribution is -2.33. The second-order valence-corrected chi connectivity index (χ2v) is 8.03. The van der Waals surface area contributed by atoms with Crippen molar-refractivity contribution in [2.24, 2.45) is 11.3 Å². The van der Waals surface area contributed by atoms with Crippen LogP contribution in [0, 0.1) is 11.3 Å². The molecule has 1 aliphatic heterocycles. The number of alkyl halides is 1. The molecule has 1 fully saturated rings. The molecule has 0 aromatic heterocycles. The molecule has 5 heteroatoms. The second-order valence-electron chi connectivity index (χ2n) is 5.57. The lowest BCUT2D eigenvalue weighted by molar-refractivity contribution is 0.252. The first-order valence-corrected chi connectivity index (χ1v) is 7.95. The summed E-state index contributed by atoms with van der Waals surface area (Å²) >= 11 is 5.53. The lowest BCUT2D eigenvalue weighted by atomic mass is 9.80. The number of halogens is 1. The van der Waals surface area contributed by atoms with Crippen molar-refractivity contribution >= 4 is 21.6 Å². The van der Waals surface area contributed by atoms with Gasteiger partial charge in [-0.15, -0.1) is 11.6 Å². The molecule has 3 nitrogen and oxygen atoms in total. The third kappa shape index (κ3) is 3.60. The Morgan fingerprint density at radius 3 is 2.44 bits per heavy atom. The van der Waals surface area contributed by atoms with Gasteiger partial charge in [0.1, 0.15) is 0 Å². The van der Waals surface area contributed by atoms with Gasteiger partial charge >= 0.3 is 0 Å². The van der Waals surface area contributed by atoms with Crippen LogP contribution in [0.3, 0.4) is 0 Å². The van der Waals surface area contributed by atoms with Crippen LogP contribution in [0.5, 0.6) is 0 Å². The number of sulfonamides is 1. The quantitative estimate of drug-likeness (QED) is 0.733. The van der Waals surface area contributed by atoms with Gasteiger partial charge in [-0.3, -0.25) is 0 Å². The van der Waals surface area contributed by atoms with E-state index in [9.17, 15) is 8.42 Å².